The minimum Gasteiger partial charge on any atom is -0.480 e. The van der Waals surface area contributed by atoms with Gasteiger partial charge in [-0.1, -0.05) is 54.4 Å². The van der Waals surface area contributed by atoms with E-state index in [2.05, 4.69) is 17.6 Å². The molecule has 1 amide bonds. The van der Waals surface area contributed by atoms with Crippen LogP contribution in [0.1, 0.15) is 34.8 Å². The van der Waals surface area contributed by atoms with Gasteiger partial charge in [0.2, 0.25) is 0 Å². The third-order valence-corrected chi connectivity index (χ3v) is 7.15. The maximum Gasteiger partial charge on any atom is 0.335 e. The van der Waals surface area contributed by atoms with Crippen LogP contribution in [0, 0.1) is 0 Å². The van der Waals surface area contributed by atoms with E-state index in [-0.39, 0.29) is 22.0 Å². The highest BCUT2D eigenvalue weighted by molar-refractivity contribution is 6.39. The van der Waals surface area contributed by atoms with Gasteiger partial charge in [0.05, 0.1) is 32.2 Å². The van der Waals surface area contributed by atoms with Gasteiger partial charge in [-0.15, -0.1) is 0 Å². The highest BCUT2D eigenvalue weighted by atomic mass is 35.5. The number of nitrogens with one attached hydrogen (secondary N) is 2. The van der Waals surface area contributed by atoms with Crippen molar-refractivity contribution in [3.05, 3.63) is 108 Å². The Bertz CT molecular complexity index is 1680. The SMILES string of the molecule is CCCNCc1ccc2c(=O)n(-c3ccc(CC(NC(=O)c4c(Cl)cccc4Cl)C(=O)O)cc3)c(=O)n(C)c2c1. The van der Waals surface area contributed by atoms with Gasteiger partial charge in [-0.2, -0.15) is 0 Å². The average Bonchev–Trinajstić information content (AvgIpc) is 2.92. The lowest BCUT2D eigenvalue weighted by atomic mass is 10.0. The summed E-state index contributed by atoms with van der Waals surface area (Å²) in [6.07, 6.45) is 0.946. The van der Waals surface area contributed by atoms with Crippen molar-refractivity contribution in [2.75, 3.05) is 6.54 Å². The number of aromatic nitrogens is 2. The lowest BCUT2D eigenvalue weighted by Gasteiger charge is -2.16. The molecule has 0 aliphatic heterocycles. The Hall–Kier alpha value is -3.92. The first-order valence-electron chi connectivity index (χ1n) is 12.6. The topological polar surface area (TPSA) is 122 Å². The standard InChI is InChI=1S/C29H28Cl2N4O5/c1-3-13-32-16-18-9-12-20-24(15-18)34(2)29(40)35(27(20)37)19-10-7-17(8-11-19)14-23(28(38)39)33-26(36)25-21(30)5-4-6-22(25)31/h4-12,15,23,32H,3,13-14,16H2,1-2H3,(H,33,36)(H,38,39). The molecule has 208 valence electrons. The Labute approximate surface area is 240 Å². The molecule has 0 saturated carbocycles. The van der Waals surface area contributed by atoms with Crippen LogP contribution < -0.4 is 21.9 Å². The second-order valence-corrected chi connectivity index (χ2v) is 10.2. The van der Waals surface area contributed by atoms with Gasteiger partial charge in [-0.3, -0.25) is 14.2 Å². The molecule has 9 nitrogen and oxygen atoms in total. The molecule has 1 unspecified atom stereocenters. The number of benzene rings is 3. The molecule has 1 aromatic heterocycles. The summed E-state index contributed by atoms with van der Waals surface area (Å²) < 4.78 is 2.51. The maximum absolute atomic E-state index is 13.3. The molecular weight excluding hydrogens is 555 g/mol. The Balaban J connectivity index is 1.59. The molecule has 11 heteroatoms. The number of carboxylic acid groups (broad SMARTS) is 1. The first-order valence-corrected chi connectivity index (χ1v) is 13.4. The Morgan fingerprint density at radius 2 is 1.62 bits per heavy atom. The van der Waals surface area contributed by atoms with Crippen LogP contribution in [-0.4, -0.2) is 38.7 Å². The summed E-state index contributed by atoms with van der Waals surface area (Å²) in [5.74, 6) is -1.96. The van der Waals surface area contributed by atoms with E-state index in [4.69, 9.17) is 23.2 Å². The molecule has 0 aliphatic carbocycles. The van der Waals surface area contributed by atoms with Gasteiger partial charge >= 0.3 is 11.7 Å². The lowest BCUT2D eigenvalue weighted by molar-refractivity contribution is -0.139. The summed E-state index contributed by atoms with van der Waals surface area (Å²) in [4.78, 5) is 51.1. The van der Waals surface area contributed by atoms with Crippen molar-refractivity contribution in [1.29, 1.82) is 0 Å². The van der Waals surface area contributed by atoms with E-state index >= 15 is 0 Å². The van der Waals surface area contributed by atoms with Crippen molar-refractivity contribution in [1.82, 2.24) is 19.8 Å². The molecule has 0 fully saturated rings. The number of amides is 1. The molecule has 1 heterocycles. The van der Waals surface area contributed by atoms with Gasteiger partial charge in [-0.25, -0.2) is 14.2 Å². The smallest absolute Gasteiger partial charge is 0.335 e. The number of fused-ring (bicyclic) bond motifs is 1. The van der Waals surface area contributed by atoms with Crippen molar-refractivity contribution in [3.63, 3.8) is 0 Å². The van der Waals surface area contributed by atoms with Crippen molar-refractivity contribution >= 4 is 46.0 Å². The number of rotatable bonds is 10. The average molecular weight is 583 g/mol. The van der Waals surface area contributed by atoms with Crippen LogP contribution in [-0.2, 0) is 24.8 Å². The van der Waals surface area contributed by atoms with E-state index in [1.165, 1.54) is 16.7 Å². The number of nitrogens with zero attached hydrogens (tertiary/aromatic N) is 2. The fraction of sp³-hybridized carbons (Fsp3) is 0.241. The lowest BCUT2D eigenvalue weighted by Crippen LogP contribution is -2.42. The number of carboxylic acids is 1. The molecule has 0 bridgehead atoms. The zero-order valence-electron chi connectivity index (χ0n) is 21.9. The molecule has 3 aromatic carbocycles. The molecule has 4 aromatic rings. The molecule has 3 N–H and O–H groups in total. The number of hydrogen-bond acceptors (Lipinski definition) is 5. The predicted molar refractivity (Wildman–Crippen MR) is 156 cm³/mol. The molecule has 0 radical (unpaired) electrons. The van der Waals surface area contributed by atoms with Crippen molar-refractivity contribution in [2.45, 2.75) is 32.4 Å². The van der Waals surface area contributed by atoms with E-state index in [9.17, 15) is 24.3 Å². The number of aliphatic carboxylic acids is 1. The molecule has 0 spiro atoms. The highest BCUT2D eigenvalue weighted by Gasteiger charge is 2.24. The van der Waals surface area contributed by atoms with Crippen LogP contribution >= 0.6 is 23.2 Å². The van der Waals surface area contributed by atoms with Crippen molar-refractivity contribution in [2.24, 2.45) is 7.05 Å². The zero-order valence-corrected chi connectivity index (χ0v) is 23.4. The van der Waals surface area contributed by atoms with Crippen LogP contribution in [0.4, 0.5) is 0 Å². The fourth-order valence-electron chi connectivity index (χ4n) is 4.41. The first kappa shape index (κ1) is 29.1. The van der Waals surface area contributed by atoms with Gasteiger partial charge in [0.15, 0.2) is 0 Å². The molecule has 4 rings (SSSR count). The molecule has 1 atom stereocenters. The third-order valence-electron chi connectivity index (χ3n) is 6.52. The predicted octanol–water partition coefficient (Wildman–Crippen LogP) is 3.92. The second kappa shape index (κ2) is 12.5. The number of carbonyl (C=O) groups is 2. The summed E-state index contributed by atoms with van der Waals surface area (Å²) in [5.41, 5.74) is 1.44. The van der Waals surface area contributed by atoms with Crippen molar-refractivity contribution in [3.8, 4) is 5.69 Å². The van der Waals surface area contributed by atoms with Crippen LogP contribution in [0.3, 0.4) is 0 Å². The van der Waals surface area contributed by atoms with E-state index in [0.717, 1.165) is 23.1 Å². The van der Waals surface area contributed by atoms with E-state index in [0.29, 0.717) is 28.7 Å². The number of aryl methyl sites for hydroxylation is 1. The molecule has 0 aliphatic rings. The van der Waals surface area contributed by atoms with E-state index < -0.39 is 29.2 Å². The quantitative estimate of drug-likeness (QED) is 0.244. The van der Waals surface area contributed by atoms with Gasteiger partial charge in [0, 0.05) is 20.0 Å². The van der Waals surface area contributed by atoms with Crippen molar-refractivity contribution < 1.29 is 14.7 Å². The van der Waals surface area contributed by atoms with Crippen LogP contribution in [0.2, 0.25) is 10.0 Å². The van der Waals surface area contributed by atoms with Gasteiger partial charge in [0.1, 0.15) is 6.04 Å². The van der Waals surface area contributed by atoms with Gasteiger partial charge in [-0.05, 0) is 60.5 Å². The molecule has 0 saturated heterocycles. The zero-order chi connectivity index (χ0) is 29.0. The van der Waals surface area contributed by atoms with Crippen LogP contribution in [0.15, 0.2) is 70.3 Å². The Morgan fingerprint density at radius 3 is 2.25 bits per heavy atom. The second-order valence-electron chi connectivity index (χ2n) is 9.34. The molecular formula is C29H28Cl2N4O5. The maximum atomic E-state index is 13.3. The number of carbonyl (C=O) groups excluding carboxylic acids is 1. The number of hydrogen-bond donors (Lipinski definition) is 3. The number of halogens is 2. The van der Waals surface area contributed by atoms with Crippen LogP contribution in [0.5, 0.6) is 0 Å². The Kier molecular flexibility index (Phi) is 9.09. The fourth-order valence-corrected chi connectivity index (χ4v) is 4.97. The van der Waals surface area contributed by atoms with Gasteiger partial charge in [0.25, 0.3) is 11.5 Å². The van der Waals surface area contributed by atoms with Gasteiger partial charge < -0.3 is 15.7 Å². The van der Waals surface area contributed by atoms with Crippen LogP contribution in [0.25, 0.3) is 16.6 Å². The summed E-state index contributed by atoms with van der Waals surface area (Å²) in [6, 6.07) is 15.0. The normalized spacial score (nSPS) is 11.9. The first-order chi connectivity index (χ1) is 19.1. The third kappa shape index (κ3) is 6.12. The van der Waals surface area contributed by atoms with E-state index in [1.54, 1.807) is 43.4 Å². The minimum atomic E-state index is -1.28. The summed E-state index contributed by atoms with van der Waals surface area (Å²) in [7, 11) is 1.61. The highest BCUT2D eigenvalue weighted by Crippen LogP contribution is 2.24. The monoisotopic (exact) mass is 582 g/mol. The Morgan fingerprint density at radius 1 is 0.975 bits per heavy atom. The minimum absolute atomic E-state index is 0.0108. The van der Waals surface area contributed by atoms with E-state index in [1.807, 2.05) is 12.1 Å². The summed E-state index contributed by atoms with van der Waals surface area (Å²) >= 11 is 12.2. The summed E-state index contributed by atoms with van der Waals surface area (Å²) in [5, 5.41) is 16.1. The molecule has 40 heavy (non-hydrogen) atoms. The summed E-state index contributed by atoms with van der Waals surface area (Å²) in [6.45, 7) is 3.57. The largest absolute Gasteiger partial charge is 0.480 e.